The molecule has 1 heterocycles. The lowest BCUT2D eigenvalue weighted by Gasteiger charge is -2.27. The molecule has 4 rings (SSSR count). The lowest BCUT2D eigenvalue weighted by atomic mass is 10.0. The fraction of sp³-hybridized carbons (Fsp3) is 0.250. The first-order chi connectivity index (χ1) is 19.7. The van der Waals surface area contributed by atoms with E-state index in [1.54, 1.807) is 44.4 Å². The molecular formula is C32H35N5O4. The van der Waals surface area contributed by atoms with E-state index < -0.39 is 6.09 Å². The zero-order chi connectivity index (χ0) is 29.5. The molecule has 9 nitrogen and oxygen atoms in total. The van der Waals surface area contributed by atoms with Crippen LogP contribution in [-0.2, 0) is 11.8 Å². The molecule has 0 aliphatic rings. The molecule has 0 bridgehead atoms. The molecule has 41 heavy (non-hydrogen) atoms. The van der Waals surface area contributed by atoms with Gasteiger partial charge in [-0.05, 0) is 61.7 Å². The largest absolute Gasteiger partial charge is 0.450 e. The second-order valence-electron chi connectivity index (χ2n) is 10.1. The number of aryl methyl sites for hydroxylation is 1. The Balaban J connectivity index is 1.71. The number of rotatable bonds is 9. The molecule has 1 aromatic heterocycles. The smallest absolute Gasteiger partial charge is 0.411 e. The molecule has 0 saturated heterocycles. The standard InChI is InChI=1S/C32H35N5O4/c1-6-41-32(40)34-25-15-10-14-24(18-25)33-29-31(39)36(5)20-27(35-29)26-16-11-17-28(22(26)4)37(19-21(2)3)30(38)23-12-8-7-9-13-23/h7-18,20-21H,6,19H2,1-5H3,(H,33,35)(H,34,40). The Morgan fingerprint density at radius 1 is 1.00 bits per heavy atom. The number of anilines is 4. The summed E-state index contributed by atoms with van der Waals surface area (Å²) in [6.07, 6.45) is 1.12. The normalized spacial score (nSPS) is 10.8. The van der Waals surface area contributed by atoms with Crippen LogP contribution in [0.5, 0.6) is 0 Å². The Bertz CT molecular complexity index is 1600. The summed E-state index contributed by atoms with van der Waals surface area (Å²) in [5.41, 5.74) is 4.42. The zero-order valence-corrected chi connectivity index (χ0v) is 24.0. The lowest BCUT2D eigenvalue weighted by Crippen LogP contribution is -2.34. The number of carbonyl (C=O) groups is 2. The average molecular weight is 554 g/mol. The van der Waals surface area contributed by atoms with Gasteiger partial charge in [0, 0.05) is 48.0 Å². The van der Waals surface area contributed by atoms with Gasteiger partial charge in [0.05, 0.1) is 12.3 Å². The minimum atomic E-state index is -0.562. The van der Waals surface area contributed by atoms with Crippen LogP contribution in [0.25, 0.3) is 11.3 Å². The summed E-state index contributed by atoms with van der Waals surface area (Å²) in [4.78, 5) is 44.9. The van der Waals surface area contributed by atoms with Crippen LogP contribution in [0.2, 0.25) is 0 Å². The van der Waals surface area contributed by atoms with Crippen molar-refractivity contribution in [3.05, 3.63) is 100 Å². The predicted molar refractivity (Wildman–Crippen MR) is 163 cm³/mol. The van der Waals surface area contributed by atoms with Crippen molar-refractivity contribution in [2.75, 3.05) is 28.7 Å². The number of aromatic nitrogens is 2. The molecule has 212 valence electrons. The van der Waals surface area contributed by atoms with E-state index in [-0.39, 0.29) is 29.8 Å². The van der Waals surface area contributed by atoms with Crippen molar-refractivity contribution in [1.82, 2.24) is 9.55 Å². The van der Waals surface area contributed by atoms with Crippen LogP contribution < -0.4 is 21.1 Å². The van der Waals surface area contributed by atoms with Crippen LogP contribution in [0.3, 0.4) is 0 Å². The molecule has 2 amide bonds. The van der Waals surface area contributed by atoms with Crippen LogP contribution in [0, 0.1) is 12.8 Å². The number of amides is 2. The highest BCUT2D eigenvalue weighted by Crippen LogP contribution is 2.31. The quantitative estimate of drug-likeness (QED) is 0.250. The highest BCUT2D eigenvalue weighted by Gasteiger charge is 2.22. The Kier molecular flexibility index (Phi) is 9.19. The first-order valence-corrected chi connectivity index (χ1v) is 13.5. The summed E-state index contributed by atoms with van der Waals surface area (Å²) < 4.78 is 6.41. The predicted octanol–water partition coefficient (Wildman–Crippen LogP) is 6.37. The number of benzene rings is 3. The van der Waals surface area contributed by atoms with Crippen molar-refractivity contribution in [2.45, 2.75) is 27.7 Å². The van der Waals surface area contributed by atoms with Crippen LogP contribution in [0.1, 0.15) is 36.7 Å². The van der Waals surface area contributed by atoms with Crippen LogP contribution >= 0.6 is 0 Å². The number of hydrogen-bond acceptors (Lipinski definition) is 6. The molecular weight excluding hydrogens is 518 g/mol. The van der Waals surface area contributed by atoms with Gasteiger partial charge in [0.1, 0.15) is 0 Å². The molecule has 9 heteroatoms. The molecule has 0 saturated carbocycles. The third-order valence-electron chi connectivity index (χ3n) is 6.40. The van der Waals surface area contributed by atoms with Gasteiger partial charge in [-0.3, -0.25) is 14.9 Å². The van der Waals surface area contributed by atoms with E-state index >= 15 is 0 Å². The second kappa shape index (κ2) is 13.0. The topological polar surface area (TPSA) is 106 Å². The monoisotopic (exact) mass is 553 g/mol. The molecule has 0 radical (unpaired) electrons. The van der Waals surface area contributed by atoms with Gasteiger partial charge in [0.2, 0.25) is 0 Å². The third kappa shape index (κ3) is 7.00. The second-order valence-corrected chi connectivity index (χ2v) is 10.1. The summed E-state index contributed by atoms with van der Waals surface area (Å²) >= 11 is 0. The molecule has 0 aliphatic carbocycles. The van der Waals surface area contributed by atoms with E-state index in [9.17, 15) is 14.4 Å². The lowest BCUT2D eigenvalue weighted by molar-refractivity contribution is 0.0983. The van der Waals surface area contributed by atoms with E-state index in [2.05, 4.69) is 29.5 Å². The minimum Gasteiger partial charge on any atom is -0.450 e. The number of carbonyl (C=O) groups excluding carboxylic acids is 2. The van der Waals surface area contributed by atoms with E-state index in [0.29, 0.717) is 29.2 Å². The highest BCUT2D eigenvalue weighted by molar-refractivity contribution is 6.07. The van der Waals surface area contributed by atoms with Gasteiger partial charge >= 0.3 is 6.09 Å². The van der Waals surface area contributed by atoms with E-state index in [1.165, 1.54) is 4.57 Å². The average Bonchev–Trinajstić information content (AvgIpc) is 2.95. The maximum absolute atomic E-state index is 13.6. The van der Waals surface area contributed by atoms with Crippen molar-refractivity contribution in [3.8, 4) is 11.3 Å². The van der Waals surface area contributed by atoms with E-state index in [1.807, 2.05) is 60.4 Å². The summed E-state index contributed by atoms with van der Waals surface area (Å²) in [6, 6.07) is 21.9. The molecule has 0 fully saturated rings. The fourth-order valence-electron chi connectivity index (χ4n) is 4.50. The molecule has 2 N–H and O–H groups in total. The molecule has 4 aromatic rings. The number of nitrogens with one attached hydrogen (secondary N) is 2. The Labute approximate surface area is 239 Å². The summed E-state index contributed by atoms with van der Waals surface area (Å²) in [5, 5.41) is 5.74. The van der Waals surface area contributed by atoms with Crippen molar-refractivity contribution in [2.24, 2.45) is 13.0 Å². The van der Waals surface area contributed by atoms with E-state index in [4.69, 9.17) is 4.74 Å². The molecule has 0 atom stereocenters. The van der Waals surface area contributed by atoms with Crippen molar-refractivity contribution >= 4 is 34.9 Å². The number of ether oxygens (including phenoxy) is 1. The van der Waals surface area contributed by atoms with Crippen molar-refractivity contribution in [3.63, 3.8) is 0 Å². The van der Waals surface area contributed by atoms with Gasteiger partial charge in [-0.25, -0.2) is 9.78 Å². The van der Waals surface area contributed by atoms with E-state index in [0.717, 1.165) is 16.8 Å². The van der Waals surface area contributed by atoms with Crippen molar-refractivity contribution < 1.29 is 14.3 Å². The maximum atomic E-state index is 13.6. The molecule has 0 unspecified atom stereocenters. The van der Waals surface area contributed by atoms with Crippen LogP contribution in [0.15, 0.2) is 83.8 Å². The van der Waals surface area contributed by atoms with Gasteiger partial charge in [-0.2, -0.15) is 0 Å². The Morgan fingerprint density at radius 2 is 1.71 bits per heavy atom. The number of nitrogens with zero attached hydrogens (tertiary/aromatic N) is 3. The van der Waals surface area contributed by atoms with Crippen LogP contribution in [0.4, 0.5) is 27.7 Å². The number of hydrogen-bond donors (Lipinski definition) is 2. The van der Waals surface area contributed by atoms with Gasteiger partial charge in [-0.15, -0.1) is 0 Å². The zero-order valence-electron chi connectivity index (χ0n) is 24.0. The molecule has 0 spiro atoms. The Hall–Kier alpha value is -4.92. The summed E-state index contributed by atoms with van der Waals surface area (Å²) in [6.45, 7) is 8.64. The summed E-state index contributed by atoms with van der Waals surface area (Å²) in [5.74, 6) is 0.292. The molecule has 0 aliphatic heterocycles. The van der Waals surface area contributed by atoms with Gasteiger partial charge < -0.3 is 19.5 Å². The summed E-state index contributed by atoms with van der Waals surface area (Å²) in [7, 11) is 1.67. The van der Waals surface area contributed by atoms with Gasteiger partial charge in [0.15, 0.2) is 5.82 Å². The SMILES string of the molecule is CCOC(=O)Nc1cccc(Nc2nc(-c3cccc(N(CC(C)C)C(=O)c4ccccc4)c3C)cn(C)c2=O)c1. The Morgan fingerprint density at radius 3 is 2.41 bits per heavy atom. The fourth-order valence-corrected chi connectivity index (χ4v) is 4.50. The maximum Gasteiger partial charge on any atom is 0.411 e. The van der Waals surface area contributed by atoms with Gasteiger partial charge in [0.25, 0.3) is 11.5 Å². The van der Waals surface area contributed by atoms with Crippen molar-refractivity contribution in [1.29, 1.82) is 0 Å². The highest BCUT2D eigenvalue weighted by atomic mass is 16.5. The first-order valence-electron chi connectivity index (χ1n) is 13.5. The first kappa shape index (κ1) is 29.1. The minimum absolute atomic E-state index is 0.0772. The van der Waals surface area contributed by atoms with Crippen LogP contribution in [-0.4, -0.2) is 34.7 Å². The molecule has 3 aromatic carbocycles. The third-order valence-corrected chi connectivity index (χ3v) is 6.40. The van der Waals surface area contributed by atoms with Gasteiger partial charge in [-0.1, -0.05) is 50.2 Å².